The molecule has 7 heteroatoms. The molecule has 0 saturated heterocycles. The van der Waals surface area contributed by atoms with Crippen molar-refractivity contribution in [2.75, 3.05) is 11.6 Å². The van der Waals surface area contributed by atoms with Gasteiger partial charge in [0.25, 0.3) is 5.91 Å². The quantitative estimate of drug-likeness (QED) is 0.719. The zero-order valence-corrected chi connectivity index (χ0v) is 14.0. The zero-order valence-electron chi connectivity index (χ0n) is 12.4. The van der Waals surface area contributed by atoms with E-state index in [1.165, 1.54) is 28.7 Å². The molecule has 0 fully saturated rings. The first-order valence-electron chi connectivity index (χ1n) is 6.93. The number of amides is 1. The van der Waals surface area contributed by atoms with Gasteiger partial charge in [-0.25, -0.2) is 4.98 Å². The lowest BCUT2D eigenvalue weighted by atomic mass is 10.2. The van der Waals surface area contributed by atoms with E-state index in [1.807, 2.05) is 36.6 Å². The largest absolute Gasteiger partial charge is 0.296 e. The van der Waals surface area contributed by atoms with Gasteiger partial charge in [0, 0.05) is 12.6 Å². The minimum Gasteiger partial charge on any atom is -0.296 e. The van der Waals surface area contributed by atoms with Gasteiger partial charge in [-0.15, -0.1) is 22.0 Å². The van der Waals surface area contributed by atoms with Crippen molar-refractivity contribution in [1.82, 2.24) is 15.2 Å². The maximum Gasteiger partial charge on any atom is 0.260 e. The lowest BCUT2D eigenvalue weighted by Crippen LogP contribution is -2.13. The fourth-order valence-electron chi connectivity index (χ4n) is 2.04. The van der Waals surface area contributed by atoms with Crippen molar-refractivity contribution in [3.63, 3.8) is 0 Å². The van der Waals surface area contributed by atoms with Crippen molar-refractivity contribution in [3.8, 4) is 0 Å². The first-order chi connectivity index (χ1) is 11.3. The SMILES string of the molecule is CSc1ncccc1C(=O)Nc1nnc(Cc2ccccc2)s1. The monoisotopic (exact) mass is 342 g/mol. The molecule has 0 atom stereocenters. The van der Waals surface area contributed by atoms with E-state index >= 15 is 0 Å². The molecule has 1 aromatic carbocycles. The molecule has 2 aromatic heterocycles. The number of hydrogen-bond donors (Lipinski definition) is 1. The number of aromatic nitrogens is 3. The van der Waals surface area contributed by atoms with Gasteiger partial charge in [-0.2, -0.15) is 0 Å². The van der Waals surface area contributed by atoms with E-state index in [9.17, 15) is 4.79 Å². The molecule has 0 aliphatic carbocycles. The van der Waals surface area contributed by atoms with Crippen LogP contribution < -0.4 is 5.32 Å². The van der Waals surface area contributed by atoms with Gasteiger partial charge >= 0.3 is 0 Å². The lowest BCUT2D eigenvalue weighted by Gasteiger charge is -2.04. The molecule has 1 amide bonds. The summed E-state index contributed by atoms with van der Waals surface area (Å²) in [6.45, 7) is 0. The van der Waals surface area contributed by atoms with E-state index < -0.39 is 0 Å². The minimum absolute atomic E-state index is 0.218. The number of rotatable bonds is 5. The van der Waals surface area contributed by atoms with Crippen LogP contribution in [0.25, 0.3) is 0 Å². The molecule has 0 aliphatic rings. The molecule has 0 saturated carbocycles. The Morgan fingerprint density at radius 3 is 2.78 bits per heavy atom. The number of carbonyl (C=O) groups is 1. The highest BCUT2D eigenvalue weighted by atomic mass is 32.2. The van der Waals surface area contributed by atoms with Crippen LogP contribution in [0, 0.1) is 0 Å². The first-order valence-corrected chi connectivity index (χ1v) is 8.97. The van der Waals surface area contributed by atoms with Gasteiger partial charge in [0.1, 0.15) is 10.0 Å². The highest BCUT2D eigenvalue weighted by molar-refractivity contribution is 7.98. The summed E-state index contributed by atoms with van der Waals surface area (Å²) in [7, 11) is 0. The van der Waals surface area contributed by atoms with E-state index in [0.717, 1.165) is 5.01 Å². The molecule has 0 bridgehead atoms. The molecule has 3 aromatic rings. The normalized spacial score (nSPS) is 10.5. The number of benzene rings is 1. The Morgan fingerprint density at radius 1 is 1.17 bits per heavy atom. The van der Waals surface area contributed by atoms with Crippen molar-refractivity contribution in [2.45, 2.75) is 11.4 Å². The van der Waals surface area contributed by atoms with Gasteiger partial charge in [-0.1, -0.05) is 41.7 Å². The summed E-state index contributed by atoms with van der Waals surface area (Å²) in [5, 5.41) is 13.0. The predicted octanol–water partition coefficient (Wildman–Crippen LogP) is 3.50. The molecule has 23 heavy (non-hydrogen) atoms. The standard InChI is InChI=1S/C16H14N4OS2/c1-22-15-12(8-5-9-17-15)14(21)18-16-20-19-13(23-16)10-11-6-3-2-4-7-11/h2-9H,10H2,1H3,(H,18,20,21). The van der Waals surface area contributed by atoms with E-state index in [1.54, 1.807) is 18.3 Å². The average molecular weight is 342 g/mol. The number of nitrogens with one attached hydrogen (secondary N) is 1. The van der Waals surface area contributed by atoms with Crippen LogP contribution in [0.2, 0.25) is 0 Å². The molecule has 3 rings (SSSR count). The summed E-state index contributed by atoms with van der Waals surface area (Å²) >= 11 is 2.82. The van der Waals surface area contributed by atoms with Crippen LogP contribution in [0.1, 0.15) is 20.9 Å². The van der Waals surface area contributed by atoms with Crippen LogP contribution >= 0.6 is 23.1 Å². The van der Waals surface area contributed by atoms with Gasteiger partial charge in [0.2, 0.25) is 5.13 Å². The molecule has 2 heterocycles. The van der Waals surface area contributed by atoms with Crippen LogP contribution in [0.15, 0.2) is 53.7 Å². The lowest BCUT2D eigenvalue weighted by molar-refractivity contribution is 0.102. The molecule has 0 aliphatic heterocycles. The maximum atomic E-state index is 12.3. The van der Waals surface area contributed by atoms with Crippen LogP contribution in [0.4, 0.5) is 5.13 Å². The smallest absolute Gasteiger partial charge is 0.260 e. The Hall–Kier alpha value is -2.25. The molecular formula is C16H14N4OS2. The van der Waals surface area contributed by atoms with Crippen LogP contribution in [-0.2, 0) is 6.42 Å². The zero-order chi connectivity index (χ0) is 16.1. The molecule has 0 radical (unpaired) electrons. The Kier molecular flexibility index (Phi) is 4.99. The maximum absolute atomic E-state index is 12.3. The third-order valence-electron chi connectivity index (χ3n) is 3.09. The Bertz CT molecular complexity index is 805. The Labute approximate surface area is 142 Å². The van der Waals surface area contributed by atoms with Crippen LogP contribution in [-0.4, -0.2) is 27.3 Å². The molecular weight excluding hydrogens is 328 g/mol. The van der Waals surface area contributed by atoms with Crippen molar-refractivity contribution in [2.24, 2.45) is 0 Å². The van der Waals surface area contributed by atoms with Crippen molar-refractivity contribution in [3.05, 3.63) is 64.8 Å². The summed E-state index contributed by atoms with van der Waals surface area (Å²) in [6, 6.07) is 13.5. The van der Waals surface area contributed by atoms with Gasteiger partial charge in [0.05, 0.1) is 5.56 Å². The molecule has 0 unspecified atom stereocenters. The summed E-state index contributed by atoms with van der Waals surface area (Å²) in [5.41, 5.74) is 1.71. The molecule has 0 spiro atoms. The van der Waals surface area contributed by atoms with Gasteiger partial charge in [0.15, 0.2) is 0 Å². The van der Waals surface area contributed by atoms with E-state index in [-0.39, 0.29) is 5.91 Å². The van der Waals surface area contributed by atoms with Crippen molar-refractivity contribution >= 4 is 34.1 Å². The van der Waals surface area contributed by atoms with Crippen LogP contribution in [0.3, 0.4) is 0 Å². The Balaban J connectivity index is 1.70. The fourth-order valence-corrected chi connectivity index (χ4v) is 3.35. The molecule has 5 nitrogen and oxygen atoms in total. The number of pyridine rings is 1. The number of hydrogen-bond acceptors (Lipinski definition) is 6. The second-order valence-electron chi connectivity index (χ2n) is 4.68. The summed E-state index contributed by atoms with van der Waals surface area (Å²) in [6.07, 6.45) is 4.27. The van der Waals surface area contributed by atoms with Crippen molar-refractivity contribution < 1.29 is 4.79 Å². The second kappa shape index (κ2) is 7.34. The Morgan fingerprint density at radius 2 is 2.00 bits per heavy atom. The summed E-state index contributed by atoms with van der Waals surface area (Å²) < 4.78 is 0. The van der Waals surface area contributed by atoms with Gasteiger partial charge in [-0.3, -0.25) is 10.1 Å². The van der Waals surface area contributed by atoms with E-state index in [2.05, 4.69) is 20.5 Å². The van der Waals surface area contributed by atoms with E-state index in [0.29, 0.717) is 22.1 Å². The van der Waals surface area contributed by atoms with Crippen LogP contribution in [0.5, 0.6) is 0 Å². The first kappa shape index (κ1) is 15.6. The summed E-state index contributed by atoms with van der Waals surface area (Å²) in [5.74, 6) is -0.218. The number of nitrogens with zero attached hydrogens (tertiary/aromatic N) is 3. The van der Waals surface area contributed by atoms with Crippen molar-refractivity contribution in [1.29, 1.82) is 0 Å². The highest BCUT2D eigenvalue weighted by Crippen LogP contribution is 2.21. The highest BCUT2D eigenvalue weighted by Gasteiger charge is 2.14. The predicted molar refractivity (Wildman–Crippen MR) is 93.1 cm³/mol. The third-order valence-corrected chi connectivity index (χ3v) is 4.65. The third kappa shape index (κ3) is 3.94. The topological polar surface area (TPSA) is 67.8 Å². The van der Waals surface area contributed by atoms with E-state index in [4.69, 9.17) is 0 Å². The number of anilines is 1. The average Bonchev–Trinajstić information content (AvgIpc) is 3.02. The number of carbonyl (C=O) groups excluding carboxylic acids is 1. The van der Waals surface area contributed by atoms with Gasteiger partial charge < -0.3 is 0 Å². The fraction of sp³-hybridized carbons (Fsp3) is 0.125. The molecule has 116 valence electrons. The number of thioether (sulfide) groups is 1. The second-order valence-corrected chi connectivity index (χ2v) is 6.53. The van der Waals surface area contributed by atoms with Gasteiger partial charge in [-0.05, 0) is 24.0 Å². The minimum atomic E-state index is -0.218. The molecule has 1 N–H and O–H groups in total. The summed E-state index contributed by atoms with van der Waals surface area (Å²) in [4.78, 5) is 16.5.